The van der Waals surface area contributed by atoms with Gasteiger partial charge in [0.15, 0.2) is 0 Å². The van der Waals surface area contributed by atoms with Crippen molar-refractivity contribution in [2.75, 3.05) is 0 Å². The molecule has 4 aromatic rings. The Balaban J connectivity index is 1.38. The molecule has 0 radical (unpaired) electrons. The van der Waals surface area contributed by atoms with Gasteiger partial charge >= 0.3 is 0 Å². The van der Waals surface area contributed by atoms with Crippen molar-refractivity contribution in [2.45, 2.75) is 12.4 Å². The Labute approximate surface area is 178 Å². The quantitative estimate of drug-likeness (QED) is 0.333. The van der Waals surface area contributed by atoms with Gasteiger partial charge < -0.3 is 4.74 Å². The number of hydrogen-bond acceptors (Lipinski definition) is 3. The molecule has 0 atom stereocenters. The highest BCUT2D eigenvalue weighted by molar-refractivity contribution is 8.01. The minimum Gasteiger partial charge on any atom is -0.488 e. The van der Waals surface area contributed by atoms with Crippen LogP contribution in [0.4, 0.5) is 0 Å². The smallest absolute Gasteiger partial charge is 0.127 e. The van der Waals surface area contributed by atoms with E-state index in [0.717, 1.165) is 17.1 Å². The molecule has 2 aliphatic heterocycles. The molecule has 1 nitrogen and oxygen atoms in total. The normalized spacial score (nSPS) is 14.8. The van der Waals surface area contributed by atoms with E-state index in [1.807, 2.05) is 23.1 Å². The van der Waals surface area contributed by atoms with Gasteiger partial charge in [0.25, 0.3) is 0 Å². The Morgan fingerprint density at radius 2 is 1.72 bits per heavy atom. The highest BCUT2D eigenvalue weighted by Crippen LogP contribution is 2.38. The molecule has 0 spiro atoms. The molecule has 0 amide bonds. The largest absolute Gasteiger partial charge is 0.488 e. The standard InChI is InChI=1S/C26H18OS2/c1-2-4-21-15-27-24(13-17(21)3-1)19-7-8-25-23(12-19)14-26(29-25)20-5-6-22-16-28-10-9-18(22)11-20/h1-14H,15-16H2. The van der Waals surface area contributed by atoms with Crippen molar-refractivity contribution in [3.8, 4) is 10.4 Å². The second-order valence-electron chi connectivity index (χ2n) is 7.39. The zero-order valence-electron chi connectivity index (χ0n) is 15.7. The molecule has 0 saturated heterocycles. The first-order valence-corrected chi connectivity index (χ1v) is 11.6. The van der Waals surface area contributed by atoms with Crippen molar-refractivity contribution < 1.29 is 4.74 Å². The van der Waals surface area contributed by atoms with E-state index < -0.39 is 0 Å². The van der Waals surface area contributed by atoms with Crippen LogP contribution in [0.25, 0.3) is 38.4 Å². The van der Waals surface area contributed by atoms with E-state index in [9.17, 15) is 0 Å². The molecule has 0 unspecified atom stereocenters. The number of hydrogen-bond donors (Lipinski definition) is 0. The fourth-order valence-electron chi connectivity index (χ4n) is 3.94. The van der Waals surface area contributed by atoms with Crippen molar-refractivity contribution >= 4 is 51.1 Å². The van der Waals surface area contributed by atoms with E-state index in [0.29, 0.717) is 6.61 Å². The zero-order chi connectivity index (χ0) is 19.2. The molecule has 0 bridgehead atoms. The van der Waals surface area contributed by atoms with Crippen molar-refractivity contribution in [2.24, 2.45) is 0 Å². The first-order chi connectivity index (χ1) is 14.3. The highest BCUT2D eigenvalue weighted by Gasteiger charge is 2.14. The summed E-state index contributed by atoms with van der Waals surface area (Å²) < 4.78 is 7.36. The van der Waals surface area contributed by atoms with Crippen LogP contribution in [0.1, 0.15) is 27.8 Å². The van der Waals surface area contributed by atoms with Crippen molar-refractivity contribution in [3.05, 3.63) is 100.0 Å². The monoisotopic (exact) mass is 410 g/mol. The fraction of sp³-hybridized carbons (Fsp3) is 0.0769. The molecular formula is C26H18OS2. The third-order valence-corrected chi connectivity index (χ3v) is 7.51. The SMILES string of the molecule is C1=Cc2cc(-c3cc4cc(C5=Cc6ccccc6CO5)ccc4s3)ccc2CS1. The van der Waals surface area contributed by atoms with Gasteiger partial charge in [0, 0.05) is 20.9 Å². The lowest BCUT2D eigenvalue weighted by molar-refractivity contribution is 0.262. The van der Waals surface area contributed by atoms with E-state index in [-0.39, 0.29) is 0 Å². The molecule has 0 aliphatic carbocycles. The van der Waals surface area contributed by atoms with E-state index >= 15 is 0 Å². The van der Waals surface area contributed by atoms with Crippen LogP contribution in [-0.2, 0) is 17.1 Å². The molecule has 140 valence electrons. The summed E-state index contributed by atoms with van der Waals surface area (Å²) in [5.41, 5.74) is 7.70. The van der Waals surface area contributed by atoms with Gasteiger partial charge in [0.05, 0.1) is 0 Å². The van der Waals surface area contributed by atoms with Gasteiger partial charge in [-0.05, 0) is 81.1 Å². The molecule has 0 fully saturated rings. The Kier molecular flexibility index (Phi) is 4.10. The summed E-state index contributed by atoms with van der Waals surface area (Å²) in [6.45, 7) is 0.635. The van der Waals surface area contributed by atoms with E-state index in [4.69, 9.17) is 4.74 Å². The first-order valence-electron chi connectivity index (χ1n) is 9.71. The van der Waals surface area contributed by atoms with Gasteiger partial charge in [0.2, 0.25) is 0 Å². The third-order valence-electron chi connectivity index (χ3n) is 5.54. The van der Waals surface area contributed by atoms with Gasteiger partial charge in [-0.15, -0.1) is 23.1 Å². The Morgan fingerprint density at radius 1 is 0.793 bits per heavy atom. The summed E-state index contributed by atoms with van der Waals surface area (Å²) in [7, 11) is 0. The third kappa shape index (κ3) is 3.11. The minimum atomic E-state index is 0.635. The molecule has 0 saturated carbocycles. The van der Waals surface area contributed by atoms with Gasteiger partial charge in [0.1, 0.15) is 12.4 Å². The summed E-state index contributed by atoms with van der Waals surface area (Å²) in [6, 6.07) is 24.2. The zero-order valence-corrected chi connectivity index (χ0v) is 17.4. The Morgan fingerprint density at radius 3 is 2.72 bits per heavy atom. The molecule has 2 aliphatic rings. The average molecular weight is 411 g/mol. The number of rotatable bonds is 2. The maximum absolute atomic E-state index is 6.05. The van der Waals surface area contributed by atoms with E-state index in [2.05, 4.69) is 84.3 Å². The minimum absolute atomic E-state index is 0.635. The van der Waals surface area contributed by atoms with Crippen LogP contribution in [0, 0.1) is 0 Å². The van der Waals surface area contributed by atoms with Crippen LogP contribution < -0.4 is 0 Å². The lowest BCUT2D eigenvalue weighted by Crippen LogP contribution is -2.01. The topological polar surface area (TPSA) is 9.23 Å². The molecular weight excluding hydrogens is 392 g/mol. The van der Waals surface area contributed by atoms with Crippen molar-refractivity contribution in [3.63, 3.8) is 0 Å². The molecule has 6 rings (SSSR count). The van der Waals surface area contributed by atoms with E-state index in [1.54, 1.807) is 0 Å². The molecule has 1 aromatic heterocycles. The predicted molar refractivity (Wildman–Crippen MR) is 127 cm³/mol. The number of benzene rings is 3. The van der Waals surface area contributed by atoms with Gasteiger partial charge in [-0.1, -0.05) is 36.4 Å². The maximum Gasteiger partial charge on any atom is 0.127 e. The first kappa shape index (κ1) is 17.1. The summed E-state index contributed by atoms with van der Waals surface area (Å²) in [6.07, 6.45) is 4.38. The highest BCUT2D eigenvalue weighted by atomic mass is 32.2. The fourth-order valence-corrected chi connectivity index (χ4v) is 5.77. The predicted octanol–water partition coefficient (Wildman–Crippen LogP) is 7.81. The maximum atomic E-state index is 6.05. The number of ether oxygens (including phenoxy) is 1. The summed E-state index contributed by atoms with van der Waals surface area (Å²) in [5, 5.41) is 3.47. The van der Waals surface area contributed by atoms with Gasteiger partial charge in [-0.3, -0.25) is 0 Å². The summed E-state index contributed by atoms with van der Waals surface area (Å²) in [5.74, 6) is 2.02. The van der Waals surface area contributed by atoms with Crippen molar-refractivity contribution in [1.82, 2.24) is 0 Å². The molecule has 3 heterocycles. The van der Waals surface area contributed by atoms with Crippen LogP contribution in [0.3, 0.4) is 0 Å². The Bertz CT molecular complexity index is 1310. The van der Waals surface area contributed by atoms with Crippen molar-refractivity contribution in [1.29, 1.82) is 0 Å². The van der Waals surface area contributed by atoms with Crippen LogP contribution in [-0.4, -0.2) is 0 Å². The van der Waals surface area contributed by atoms with Crippen LogP contribution in [0.15, 0.2) is 72.1 Å². The second-order valence-corrected chi connectivity index (χ2v) is 9.36. The number of thioether (sulfide) groups is 1. The lowest BCUT2D eigenvalue weighted by atomic mass is 10.0. The van der Waals surface area contributed by atoms with Crippen LogP contribution in [0.5, 0.6) is 0 Å². The number of fused-ring (bicyclic) bond motifs is 3. The molecule has 29 heavy (non-hydrogen) atoms. The average Bonchev–Trinajstić information content (AvgIpc) is 3.22. The summed E-state index contributed by atoms with van der Waals surface area (Å²) >= 11 is 3.71. The molecule has 3 heteroatoms. The Hall–Kier alpha value is -2.75. The van der Waals surface area contributed by atoms with Crippen LogP contribution >= 0.6 is 23.1 Å². The van der Waals surface area contributed by atoms with Gasteiger partial charge in [-0.25, -0.2) is 0 Å². The van der Waals surface area contributed by atoms with E-state index in [1.165, 1.54) is 42.8 Å². The van der Waals surface area contributed by atoms with Crippen LogP contribution in [0.2, 0.25) is 0 Å². The molecule has 3 aromatic carbocycles. The summed E-state index contributed by atoms with van der Waals surface area (Å²) in [4.78, 5) is 1.32. The number of thiophene rings is 1. The lowest BCUT2D eigenvalue weighted by Gasteiger charge is -2.18. The second kappa shape index (κ2) is 6.94. The molecule has 0 N–H and O–H groups in total. The van der Waals surface area contributed by atoms with Gasteiger partial charge in [-0.2, -0.15) is 0 Å².